The third kappa shape index (κ3) is 5.55. The number of hydrogen-bond donors (Lipinski definition) is 2. The first-order valence-corrected chi connectivity index (χ1v) is 10.00. The molecule has 0 aliphatic carbocycles. The molecule has 2 fully saturated rings. The summed E-state index contributed by atoms with van der Waals surface area (Å²) in [5, 5.41) is 6.74. The van der Waals surface area contributed by atoms with Crippen molar-refractivity contribution in [3.05, 3.63) is 35.9 Å². The number of benzene rings is 1. The number of nitrogens with zero attached hydrogens (tertiary/aromatic N) is 1. The maximum Gasteiger partial charge on any atom is 0.220 e. The van der Waals surface area contributed by atoms with E-state index in [0.29, 0.717) is 18.3 Å². The van der Waals surface area contributed by atoms with Gasteiger partial charge in [-0.05, 0) is 69.3 Å². The van der Waals surface area contributed by atoms with Gasteiger partial charge in [-0.15, -0.1) is 0 Å². The summed E-state index contributed by atoms with van der Waals surface area (Å²) in [6.45, 7) is 7.68. The van der Waals surface area contributed by atoms with Crippen molar-refractivity contribution < 1.29 is 4.79 Å². The molecule has 2 atom stereocenters. The maximum atomic E-state index is 12.7. The SMILES string of the molecule is CC(CC(=O)NC(CN1CCCC1)c1ccccc1)C1CCNCC1. The Hall–Kier alpha value is -1.39. The first-order valence-electron chi connectivity index (χ1n) is 10.00. The van der Waals surface area contributed by atoms with Crippen molar-refractivity contribution in [2.75, 3.05) is 32.7 Å². The van der Waals surface area contributed by atoms with Gasteiger partial charge >= 0.3 is 0 Å². The van der Waals surface area contributed by atoms with Gasteiger partial charge in [0.1, 0.15) is 0 Å². The first kappa shape index (κ1) is 18.4. The Morgan fingerprint density at radius 3 is 2.56 bits per heavy atom. The Morgan fingerprint density at radius 1 is 1.20 bits per heavy atom. The van der Waals surface area contributed by atoms with Crippen LogP contribution in [0.2, 0.25) is 0 Å². The zero-order chi connectivity index (χ0) is 17.5. The lowest BCUT2D eigenvalue weighted by Crippen LogP contribution is -2.38. The fourth-order valence-corrected chi connectivity index (χ4v) is 4.27. The molecule has 138 valence electrons. The predicted octanol–water partition coefficient (Wildman–Crippen LogP) is 2.97. The second kappa shape index (κ2) is 9.35. The van der Waals surface area contributed by atoms with Crippen molar-refractivity contribution in [3.8, 4) is 0 Å². The summed E-state index contributed by atoms with van der Waals surface area (Å²) in [7, 11) is 0. The third-order valence-electron chi connectivity index (χ3n) is 5.87. The fraction of sp³-hybridized carbons (Fsp3) is 0.667. The Labute approximate surface area is 152 Å². The minimum absolute atomic E-state index is 0.104. The van der Waals surface area contributed by atoms with Gasteiger partial charge < -0.3 is 15.5 Å². The Morgan fingerprint density at radius 2 is 1.88 bits per heavy atom. The highest BCUT2D eigenvalue weighted by Gasteiger charge is 2.24. The topological polar surface area (TPSA) is 44.4 Å². The molecule has 2 N–H and O–H groups in total. The van der Waals surface area contributed by atoms with Crippen LogP contribution < -0.4 is 10.6 Å². The molecule has 0 radical (unpaired) electrons. The lowest BCUT2D eigenvalue weighted by Gasteiger charge is -2.29. The van der Waals surface area contributed by atoms with E-state index >= 15 is 0 Å². The van der Waals surface area contributed by atoms with E-state index in [9.17, 15) is 4.79 Å². The van der Waals surface area contributed by atoms with Gasteiger partial charge in [-0.2, -0.15) is 0 Å². The third-order valence-corrected chi connectivity index (χ3v) is 5.87. The molecular formula is C21H33N3O. The van der Waals surface area contributed by atoms with Gasteiger partial charge in [-0.1, -0.05) is 37.3 Å². The van der Waals surface area contributed by atoms with E-state index < -0.39 is 0 Å². The van der Waals surface area contributed by atoms with Gasteiger partial charge in [-0.25, -0.2) is 0 Å². The molecule has 0 aromatic heterocycles. The van der Waals surface area contributed by atoms with Crippen LogP contribution in [0.25, 0.3) is 0 Å². The van der Waals surface area contributed by atoms with E-state index in [4.69, 9.17) is 0 Å². The molecule has 1 aromatic carbocycles. The highest BCUT2D eigenvalue weighted by molar-refractivity contribution is 5.76. The Bertz CT molecular complexity index is 521. The van der Waals surface area contributed by atoms with Crippen LogP contribution in [0, 0.1) is 11.8 Å². The summed E-state index contributed by atoms with van der Waals surface area (Å²) >= 11 is 0. The van der Waals surface area contributed by atoms with Gasteiger partial charge in [0, 0.05) is 13.0 Å². The van der Waals surface area contributed by atoms with E-state index in [-0.39, 0.29) is 11.9 Å². The maximum absolute atomic E-state index is 12.7. The molecule has 0 spiro atoms. The average molecular weight is 344 g/mol. The number of hydrogen-bond acceptors (Lipinski definition) is 3. The summed E-state index contributed by atoms with van der Waals surface area (Å²) in [6.07, 6.45) is 5.60. The summed E-state index contributed by atoms with van der Waals surface area (Å²) in [5.74, 6) is 1.35. The molecule has 2 aliphatic rings. The van der Waals surface area contributed by atoms with Crippen LogP contribution in [0.5, 0.6) is 0 Å². The van der Waals surface area contributed by atoms with Crippen molar-refractivity contribution in [2.45, 2.75) is 45.1 Å². The van der Waals surface area contributed by atoms with Crippen LogP contribution in [0.1, 0.15) is 50.6 Å². The molecule has 2 aliphatic heterocycles. The number of piperidine rings is 1. The minimum Gasteiger partial charge on any atom is -0.348 e. The lowest BCUT2D eigenvalue weighted by molar-refractivity contribution is -0.123. The molecule has 0 bridgehead atoms. The second-order valence-corrected chi connectivity index (χ2v) is 7.81. The molecule has 1 amide bonds. The quantitative estimate of drug-likeness (QED) is 0.800. The molecule has 4 nitrogen and oxygen atoms in total. The molecule has 25 heavy (non-hydrogen) atoms. The summed E-state index contributed by atoms with van der Waals surface area (Å²) in [5.41, 5.74) is 1.22. The normalized spacial score (nSPS) is 21.8. The number of carbonyl (C=O) groups is 1. The minimum atomic E-state index is 0.104. The van der Waals surface area contributed by atoms with Gasteiger partial charge in [0.05, 0.1) is 6.04 Å². The van der Waals surface area contributed by atoms with Crippen molar-refractivity contribution in [1.29, 1.82) is 0 Å². The van der Waals surface area contributed by atoms with Crippen molar-refractivity contribution in [2.24, 2.45) is 11.8 Å². The summed E-state index contributed by atoms with van der Waals surface area (Å²) < 4.78 is 0. The number of rotatable bonds is 7. The van der Waals surface area contributed by atoms with Crippen LogP contribution in [0.4, 0.5) is 0 Å². The summed E-state index contributed by atoms with van der Waals surface area (Å²) in [6, 6.07) is 10.5. The standard InChI is InChI=1S/C21H33N3O/c1-17(18-9-11-22-12-10-18)15-21(25)23-20(16-24-13-5-6-14-24)19-7-3-2-4-8-19/h2-4,7-8,17-18,20,22H,5-6,9-16H2,1H3,(H,23,25). The molecule has 2 heterocycles. The van der Waals surface area contributed by atoms with E-state index in [1.807, 2.05) is 6.07 Å². The molecule has 4 heteroatoms. The van der Waals surface area contributed by atoms with Gasteiger partial charge in [-0.3, -0.25) is 4.79 Å². The molecular weight excluding hydrogens is 310 g/mol. The highest BCUT2D eigenvalue weighted by Crippen LogP contribution is 2.25. The highest BCUT2D eigenvalue weighted by atomic mass is 16.1. The van der Waals surface area contributed by atoms with E-state index in [2.05, 4.69) is 46.7 Å². The fourth-order valence-electron chi connectivity index (χ4n) is 4.27. The molecule has 0 saturated carbocycles. The van der Waals surface area contributed by atoms with Crippen molar-refractivity contribution in [1.82, 2.24) is 15.5 Å². The van der Waals surface area contributed by atoms with Crippen LogP contribution in [0.3, 0.4) is 0 Å². The second-order valence-electron chi connectivity index (χ2n) is 7.81. The van der Waals surface area contributed by atoms with Crippen LogP contribution >= 0.6 is 0 Å². The Balaban J connectivity index is 1.57. The number of nitrogens with one attached hydrogen (secondary N) is 2. The van der Waals surface area contributed by atoms with Crippen molar-refractivity contribution >= 4 is 5.91 Å². The van der Waals surface area contributed by atoms with E-state index in [1.54, 1.807) is 0 Å². The van der Waals surface area contributed by atoms with Crippen LogP contribution in [0.15, 0.2) is 30.3 Å². The molecule has 3 rings (SSSR count). The predicted molar refractivity (Wildman–Crippen MR) is 102 cm³/mol. The lowest BCUT2D eigenvalue weighted by atomic mass is 9.84. The van der Waals surface area contributed by atoms with Crippen molar-refractivity contribution in [3.63, 3.8) is 0 Å². The summed E-state index contributed by atoms with van der Waals surface area (Å²) in [4.78, 5) is 15.2. The van der Waals surface area contributed by atoms with Gasteiger partial charge in [0.25, 0.3) is 0 Å². The van der Waals surface area contributed by atoms with Gasteiger partial charge in [0.15, 0.2) is 0 Å². The molecule has 2 saturated heterocycles. The number of likely N-dealkylation sites (tertiary alicyclic amines) is 1. The zero-order valence-electron chi connectivity index (χ0n) is 15.5. The largest absolute Gasteiger partial charge is 0.348 e. The molecule has 1 aromatic rings. The Kier molecular flexibility index (Phi) is 6.88. The number of carbonyl (C=O) groups excluding carboxylic acids is 1. The van der Waals surface area contributed by atoms with Crippen LogP contribution in [-0.2, 0) is 4.79 Å². The zero-order valence-corrected chi connectivity index (χ0v) is 15.5. The van der Waals surface area contributed by atoms with E-state index in [0.717, 1.165) is 32.7 Å². The number of amides is 1. The average Bonchev–Trinajstić information content (AvgIpc) is 3.16. The smallest absolute Gasteiger partial charge is 0.220 e. The first-order chi connectivity index (χ1) is 12.2. The molecule has 2 unspecified atom stereocenters. The van der Waals surface area contributed by atoms with Gasteiger partial charge in [0.2, 0.25) is 5.91 Å². The van der Waals surface area contributed by atoms with Crippen LogP contribution in [-0.4, -0.2) is 43.5 Å². The van der Waals surface area contributed by atoms with E-state index in [1.165, 1.54) is 31.2 Å². The monoisotopic (exact) mass is 343 g/mol.